The van der Waals surface area contributed by atoms with Gasteiger partial charge in [-0.1, -0.05) is 18.2 Å². The lowest BCUT2D eigenvalue weighted by Gasteiger charge is -2.03. The summed E-state index contributed by atoms with van der Waals surface area (Å²) >= 11 is 0. The lowest BCUT2D eigenvalue weighted by atomic mass is 10.2. The fraction of sp³-hybridized carbons (Fsp3) is 0. The maximum atomic E-state index is 11.9. The van der Waals surface area contributed by atoms with Crippen molar-refractivity contribution in [3.05, 3.63) is 59.9 Å². The Labute approximate surface area is 105 Å². The van der Waals surface area contributed by atoms with Crippen molar-refractivity contribution in [3.63, 3.8) is 0 Å². The van der Waals surface area contributed by atoms with E-state index in [0.717, 1.165) is 5.69 Å². The number of benzene rings is 1. The van der Waals surface area contributed by atoms with Gasteiger partial charge in [0.25, 0.3) is 5.91 Å². The molecule has 1 aromatic carbocycles. The first-order chi connectivity index (χ1) is 8.79. The molecule has 0 aliphatic carbocycles. The van der Waals surface area contributed by atoms with Gasteiger partial charge in [0.2, 0.25) is 0 Å². The van der Waals surface area contributed by atoms with Crippen LogP contribution in [0.3, 0.4) is 0 Å². The van der Waals surface area contributed by atoms with Gasteiger partial charge in [0, 0.05) is 17.6 Å². The highest BCUT2D eigenvalue weighted by atomic mass is 16.1. The molecule has 0 atom stereocenters. The van der Waals surface area contributed by atoms with Gasteiger partial charge < -0.3 is 10.3 Å². The van der Waals surface area contributed by atoms with E-state index in [1.807, 2.05) is 24.3 Å². The predicted molar refractivity (Wildman–Crippen MR) is 69.5 cm³/mol. The van der Waals surface area contributed by atoms with Gasteiger partial charge in [-0.05, 0) is 30.3 Å². The molecular formula is C14H11N3O. The zero-order valence-electron chi connectivity index (χ0n) is 9.55. The monoisotopic (exact) mass is 237 g/mol. The first-order valence-corrected chi connectivity index (χ1v) is 5.41. The minimum Gasteiger partial charge on any atom is -0.362 e. The van der Waals surface area contributed by atoms with Crippen molar-refractivity contribution in [2.24, 2.45) is 0 Å². The Bertz CT molecular complexity index is 592. The second-order valence-electron chi connectivity index (χ2n) is 3.62. The fourth-order valence-electron chi connectivity index (χ4n) is 1.46. The largest absolute Gasteiger partial charge is 0.362 e. The highest BCUT2D eigenvalue weighted by Crippen LogP contribution is 2.09. The molecule has 0 radical (unpaired) electrons. The van der Waals surface area contributed by atoms with E-state index in [0.29, 0.717) is 5.69 Å². The molecule has 1 aromatic heterocycles. The number of carbonyl (C=O) groups is 1. The number of H-pyrrole nitrogens is 1. The number of hydrogen-bond donors (Lipinski definition) is 2. The number of carbonyl (C=O) groups excluding carboxylic acids is 1. The first kappa shape index (κ1) is 11.7. The fourth-order valence-corrected chi connectivity index (χ4v) is 1.46. The molecule has 0 aliphatic heterocycles. The Balaban J connectivity index is 2.15. The molecule has 2 N–H and O–H groups in total. The van der Waals surface area contributed by atoms with Gasteiger partial charge in [-0.15, -0.1) is 0 Å². The molecule has 18 heavy (non-hydrogen) atoms. The lowest BCUT2D eigenvalue weighted by Crippen LogP contribution is -2.13. The molecule has 0 fully saturated rings. The average molecular weight is 237 g/mol. The standard InChI is InChI=1S/C14H11N3O/c15-10-11(9-13-7-4-8-16-13)14(18)17-12-5-2-1-3-6-12/h1-9,16H,(H,17,18). The van der Waals surface area contributed by atoms with Crippen LogP contribution in [-0.2, 0) is 4.79 Å². The van der Waals surface area contributed by atoms with E-state index in [1.165, 1.54) is 6.08 Å². The maximum Gasteiger partial charge on any atom is 0.266 e. The van der Waals surface area contributed by atoms with Crippen LogP contribution in [0.4, 0.5) is 5.69 Å². The maximum absolute atomic E-state index is 11.9. The van der Waals surface area contributed by atoms with Crippen molar-refractivity contribution in [2.45, 2.75) is 0 Å². The predicted octanol–water partition coefficient (Wildman–Crippen LogP) is 2.56. The molecule has 88 valence electrons. The molecule has 4 heteroatoms. The summed E-state index contributed by atoms with van der Waals surface area (Å²) in [7, 11) is 0. The molecule has 1 amide bonds. The van der Waals surface area contributed by atoms with Crippen molar-refractivity contribution < 1.29 is 4.79 Å². The number of aromatic nitrogens is 1. The summed E-state index contributed by atoms with van der Waals surface area (Å²) in [6.07, 6.45) is 3.24. The second-order valence-corrected chi connectivity index (χ2v) is 3.62. The Morgan fingerprint density at radius 1 is 1.22 bits per heavy atom. The zero-order valence-corrected chi connectivity index (χ0v) is 9.55. The summed E-state index contributed by atoms with van der Waals surface area (Å²) in [6.45, 7) is 0. The third-order valence-corrected chi connectivity index (χ3v) is 2.32. The summed E-state index contributed by atoms with van der Waals surface area (Å²) < 4.78 is 0. The first-order valence-electron chi connectivity index (χ1n) is 5.41. The van der Waals surface area contributed by atoms with Crippen LogP contribution in [0.5, 0.6) is 0 Å². The molecule has 1 heterocycles. The summed E-state index contributed by atoms with van der Waals surface area (Å²) in [6, 6.07) is 14.5. The van der Waals surface area contributed by atoms with Crippen LogP contribution >= 0.6 is 0 Å². The second kappa shape index (κ2) is 5.51. The van der Waals surface area contributed by atoms with Crippen molar-refractivity contribution >= 4 is 17.7 Å². The van der Waals surface area contributed by atoms with Gasteiger partial charge in [-0.3, -0.25) is 4.79 Å². The number of anilines is 1. The van der Waals surface area contributed by atoms with E-state index in [-0.39, 0.29) is 5.57 Å². The Hall–Kier alpha value is -2.80. The summed E-state index contributed by atoms with van der Waals surface area (Å²) in [4.78, 5) is 14.8. The highest BCUT2D eigenvalue weighted by Gasteiger charge is 2.09. The lowest BCUT2D eigenvalue weighted by molar-refractivity contribution is -0.112. The normalized spacial score (nSPS) is 10.7. The van der Waals surface area contributed by atoms with Gasteiger partial charge in [-0.25, -0.2) is 0 Å². The summed E-state index contributed by atoms with van der Waals surface area (Å²) in [5.74, 6) is -0.418. The van der Waals surface area contributed by atoms with Gasteiger partial charge in [0.05, 0.1) is 0 Å². The van der Waals surface area contributed by atoms with E-state index in [1.54, 1.807) is 30.5 Å². The van der Waals surface area contributed by atoms with Crippen molar-refractivity contribution in [1.82, 2.24) is 4.98 Å². The number of nitrogens with zero attached hydrogens (tertiary/aromatic N) is 1. The molecule has 4 nitrogen and oxygen atoms in total. The van der Waals surface area contributed by atoms with Gasteiger partial charge >= 0.3 is 0 Å². The summed E-state index contributed by atoms with van der Waals surface area (Å²) in [5, 5.41) is 11.6. The topological polar surface area (TPSA) is 68.7 Å². The van der Waals surface area contributed by atoms with Gasteiger partial charge in [-0.2, -0.15) is 5.26 Å². The number of aromatic amines is 1. The van der Waals surface area contributed by atoms with Crippen LogP contribution in [0.2, 0.25) is 0 Å². The molecule has 2 aromatic rings. The van der Waals surface area contributed by atoms with Crippen LogP contribution < -0.4 is 5.32 Å². The minimum atomic E-state index is -0.418. The summed E-state index contributed by atoms with van der Waals surface area (Å²) in [5.41, 5.74) is 1.44. The van der Waals surface area contributed by atoms with Crippen molar-refractivity contribution in [3.8, 4) is 6.07 Å². The SMILES string of the molecule is N#CC(=Cc1ccc[nH]1)C(=O)Nc1ccccc1. The number of nitrogens with one attached hydrogen (secondary N) is 2. The third kappa shape index (κ3) is 2.86. The minimum absolute atomic E-state index is 0.0568. The molecule has 0 unspecified atom stereocenters. The molecular weight excluding hydrogens is 226 g/mol. The van der Waals surface area contributed by atoms with Gasteiger partial charge in [0.1, 0.15) is 11.6 Å². The number of nitriles is 1. The smallest absolute Gasteiger partial charge is 0.266 e. The van der Waals surface area contributed by atoms with Crippen LogP contribution in [0.15, 0.2) is 54.2 Å². The number of amides is 1. The Morgan fingerprint density at radius 3 is 2.61 bits per heavy atom. The molecule has 2 rings (SSSR count). The van der Waals surface area contributed by atoms with E-state index in [4.69, 9.17) is 5.26 Å². The third-order valence-electron chi connectivity index (χ3n) is 2.32. The van der Waals surface area contributed by atoms with E-state index >= 15 is 0 Å². The molecule has 0 bridgehead atoms. The van der Waals surface area contributed by atoms with Crippen molar-refractivity contribution in [1.29, 1.82) is 5.26 Å². The molecule has 0 saturated heterocycles. The van der Waals surface area contributed by atoms with Crippen LogP contribution in [-0.4, -0.2) is 10.9 Å². The molecule has 0 spiro atoms. The van der Waals surface area contributed by atoms with E-state index < -0.39 is 5.91 Å². The number of para-hydroxylation sites is 1. The van der Waals surface area contributed by atoms with Crippen LogP contribution in [0.25, 0.3) is 6.08 Å². The molecule has 0 saturated carbocycles. The Kier molecular flexibility index (Phi) is 3.57. The van der Waals surface area contributed by atoms with E-state index in [2.05, 4.69) is 10.3 Å². The van der Waals surface area contributed by atoms with Gasteiger partial charge in [0.15, 0.2) is 0 Å². The average Bonchev–Trinajstić information content (AvgIpc) is 2.90. The Morgan fingerprint density at radius 2 is 2.00 bits per heavy atom. The zero-order chi connectivity index (χ0) is 12.8. The quantitative estimate of drug-likeness (QED) is 0.636. The van der Waals surface area contributed by atoms with Crippen molar-refractivity contribution in [2.75, 3.05) is 5.32 Å². The van der Waals surface area contributed by atoms with Crippen LogP contribution in [0.1, 0.15) is 5.69 Å². The number of rotatable bonds is 3. The molecule has 0 aliphatic rings. The van der Waals surface area contributed by atoms with Crippen LogP contribution in [0, 0.1) is 11.3 Å². The van der Waals surface area contributed by atoms with E-state index in [9.17, 15) is 4.79 Å². The highest BCUT2D eigenvalue weighted by molar-refractivity contribution is 6.09. The number of hydrogen-bond acceptors (Lipinski definition) is 2.